The molecule has 0 radical (unpaired) electrons. The van der Waals surface area contributed by atoms with E-state index in [1.807, 2.05) is 0 Å². The number of halogens is 3. The zero-order chi connectivity index (χ0) is 20.0. The molecule has 2 amide bonds. The fourth-order valence-corrected chi connectivity index (χ4v) is 2.08. The van der Waals surface area contributed by atoms with Gasteiger partial charge in [-0.3, -0.25) is 9.59 Å². The standard InChI is InChI=1S/C18H16F3N3O3/c1-11(23-24-16(26)15(25)12-6-3-2-4-7-12)13-8-5-9-14(10-13)22-17(27)18(19,20)21/h2-10,15,25H,1H3,(H,22,27)(H,24,26)/b23-11-. The number of hydrogen-bond acceptors (Lipinski definition) is 4. The lowest BCUT2D eigenvalue weighted by atomic mass is 10.1. The number of benzene rings is 2. The van der Waals surface area contributed by atoms with Crippen molar-refractivity contribution in [3.8, 4) is 0 Å². The van der Waals surface area contributed by atoms with Crippen LogP contribution in [0.4, 0.5) is 18.9 Å². The van der Waals surface area contributed by atoms with Gasteiger partial charge in [0.15, 0.2) is 6.10 Å². The van der Waals surface area contributed by atoms with Crippen molar-refractivity contribution in [1.29, 1.82) is 0 Å². The number of carbonyl (C=O) groups excluding carboxylic acids is 2. The van der Waals surface area contributed by atoms with Gasteiger partial charge in [0.2, 0.25) is 0 Å². The Morgan fingerprint density at radius 1 is 1.07 bits per heavy atom. The Labute approximate surface area is 152 Å². The molecule has 1 atom stereocenters. The van der Waals surface area contributed by atoms with Crippen molar-refractivity contribution in [2.24, 2.45) is 5.10 Å². The molecule has 0 aliphatic rings. The second-order valence-electron chi connectivity index (χ2n) is 5.52. The lowest BCUT2D eigenvalue weighted by Gasteiger charge is -2.11. The van der Waals surface area contributed by atoms with E-state index in [0.29, 0.717) is 11.1 Å². The van der Waals surface area contributed by atoms with E-state index >= 15 is 0 Å². The highest BCUT2D eigenvalue weighted by Gasteiger charge is 2.38. The number of anilines is 1. The number of aliphatic hydroxyl groups is 1. The summed E-state index contributed by atoms with van der Waals surface area (Å²) in [5.41, 5.74) is 3.16. The van der Waals surface area contributed by atoms with Crippen LogP contribution in [0.5, 0.6) is 0 Å². The van der Waals surface area contributed by atoms with E-state index in [0.717, 1.165) is 0 Å². The molecule has 0 aliphatic heterocycles. The third-order valence-electron chi connectivity index (χ3n) is 3.49. The maximum absolute atomic E-state index is 12.3. The van der Waals surface area contributed by atoms with E-state index in [-0.39, 0.29) is 11.4 Å². The van der Waals surface area contributed by atoms with Crippen molar-refractivity contribution in [3.63, 3.8) is 0 Å². The molecule has 6 nitrogen and oxygen atoms in total. The monoisotopic (exact) mass is 379 g/mol. The molecule has 0 fully saturated rings. The summed E-state index contributed by atoms with van der Waals surface area (Å²) in [5.74, 6) is -2.85. The van der Waals surface area contributed by atoms with Crippen LogP contribution in [0, 0.1) is 0 Å². The molecular formula is C18H16F3N3O3. The van der Waals surface area contributed by atoms with E-state index in [1.54, 1.807) is 41.7 Å². The van der Waals surface area contributed by atoms with Crippen molar-refractivity contribution in [2.45, 2.75) is 19.2 Å². The number of amides is 2. The van der Waals surface area contributed by atoms with E-state index < -0.39 is 24.1 Å². The Balaban J connectivity index is 2.06. The van der Waals surface area contributed by atoms with Crippen LogP contribution in [0.3, 0.4) is 0 Å². The molecular weight excluding hydrogens is 363 g/mol. The predicted octanol–water partition coefficient (Wildman–Crippen LogP) is 2.76. The van der Waals surface area contributed by atoms with Crippen LogP contribution in [-0.4, -0.2) is 28.8 Å². The van der Waals surface area contributed by atoms with Gasteiger partial charge in [-0.25, -0.2) is 5.43 Å². The van der Waals surface area contributed by atoms with Gasteiger partial charge in [-0.1, -0.05) is 42.5 Å². The molecule has 1 unspecified atom stereocenters. The molecule has 0 heterocycles. The number of nitrogens with zero attached hydrogens (tertiary/aromatic N) is 1. The van der Waals surface area contributed by atoms with Crippen molar-refractivity contribution in [3.05, 3.63) is 65.7 Å². The number of aliphatic hydroxyl groups excluding tert-OH is 1. The summed E-state index contributed by atoms with van der Waals surface area (Å²) in [6.07, 6.45) is -6.42. The Morgan fingerprint density at radius 2 is 1.74 bits per heavy atom. The van der Waals surface area contributed by atoms with Crippen LogP contribution in [-0.2, 0) is 9.59 Å². The highest BCUT2D eigenvalue weighted by atomic mass is 19.4. The fraction of sp³-hybridized carbons (Fsp3) is 0.167. The molecule has 142 valence electrons. The van der Waals surface area contributed by atoms with Crippen LogP contribution in [0.15, 0.2) is 59.7 Å². The minimum Gasteiger partial charge on any atom is -0.378 e. The molecule has 0 spiro atoms. The summed E-state index contributed by atoms with van der Waals surface area (Å²) < 4.78 is 36.9. The van der Waals surface area contributed by atoms with Crippen LogP contribution < -0.4 is 10.7 Å². The number of carbonyl (C=O) groups is 2. The third kappa shape index (κ3) is 5.65. The largest absolute Gasteiger partial charge is 0.471 e. The minimum atomic E-state index is -5.00. The Morgan fingerprint density at radius 3 is 2.37 bits per heavy atom. The van der Waals surface area contributed by atoms with Gasteiger partial charge in [0.05, 0.1) is 5.71 Å². The van der Waals surface area contributed by atoms with Crippen molar-refractivity contribution < 1.29 is 27.9 Å². The molecule has 27 heavy (non-hydrogen) atoms. The van der Waals surface area contributed by atoms with Gasteiger partial charge < -0.3 is 10.4 Å². The highest BCUT2D eigenvalue weighted by molar-refractivity contribution is 6.01. The second-order valence-corrected chi connectivity index (χ2v) is 5.52. The number of alkyl halides is 3. The first kappa shape index (κ1) is 20.1. The van der Waals surface area contributed by atoms with Gasteiger partial charge in [-0.05, 0) is 30.2 Å². The molecule has 0 bridgehead atoms. The lowest BCUT2D eigenvalue weighted by molar-refractivity contribution is -0.167. The first-order valence-corrected chi connectivity index (χ1v) is 7.74. The lowest BCUT2D eigenvalue weighted by Crippen LogP contribution is -2.30. The van der Waals surface area contributed by atoms with Gasteiger partial charge >= 0.3 is 12.1 Å². The van der Waals surface area contributed by atoms with E-state index in [4.69, 9.17) is 0 Å². The first-order valence-electron chi connectivity index (χ1n) is 7.74. The summed E-state index contributed by atoms with van der Waals surface area (Å²) in [4.78, 5) is 22.9. The molecule has 0 aliphatic carbocycles. The molecule has 0 saturated carbocycles. The molecule has 2 aromatic rings. The summed E-state index contributed by atoms with van der Waals surface area (Å²) in [5, 5.41) is 15.5. The molecule has 0 saturated heterocycles. The van der Waals surface area contributed by atoms with Gasteiger partial charge in [0.1, 0.15) is 0 Å². The van der Waals surface area contributed by atoms with Crippen molar-refractivity contribution >= 4 is 23.2 Å². The fourth-order valence-electron chi connectivity index (χ4n) is 2.08. The summed E-state index contributed by atoms with van der Waals surface area (Å²) in [6.45, 7) is 1.51. The van der Waals surface area contributed by atoms with Gasteiger partial charge in [-0.15, -0.1) is 0 Å². The number of nitrogens with one attached hydrogen (secondary N) is 2. The van der Waals surface area contributed by atoms with Crippen LogP contribution in [0.1, 0.15) is 24.2 Å². The zero-order valence-electron chi connectivity index (χ0n) is 14.1. The average molecular weight is 379 g/mol. The summed E-state index contributed by atoms with van der Waals surface area (Å²) in [7, 11) is 0. The van der Waals surface area contributed by atoms with Gasteiger partial charge in [0, 0.05) is 5.69 Å². The Bertz CT molecular complexity index is 852. The number of hydrazone groups is 1. The molecule has 2 aromatic carbocycles. The smallest absolute Gasteiger partial charge is 0.378 e. The first-order chi connectivity index (χ1) is 12.7. The maximum Gasteiger partial charge on any atom is 0.471 e. The Kier molecular flexibility index (Phi) is 6.30. The molecule has 2 rings (SSSR count). The SMILES string of the molecule is C/C(=N/NC(=O)C(O)c1ccccc1)c1cccc(NC(=O)C(F)(F)F)c1. The number of rotatable bonds is 5. The molecule has 3 N–H and O–H groups in total. The molecule has 9 heteroatoms. The number of hydrogen-bond donors (Lipinski definition) is 3. The van der Waals surface area contributed by atoms with E-state index in [9.17, 15) is 27.9 Å². The summed E-state index contributed by atoms with van der Waals surface area (Å²) in [6, 6.07) is 13.8. The van der Waals surface area contributed by atoms with Crippen molar-refractivity contribution in [2.75, 3.05) is 5.32 Å². The Hall–Kier alpha value is -3.20. The van der Waals surface area contributed by atoms with Crippen LogP contribution in [0.25, 0.3) is 0 Å². The van der Waals surface area contributed by atoms with Gasteiger partial charge in [-0.2, -0.15) is 18.3 Å². The average Bonchev–Trinajstić information content (AvgIpc) is 2.65. The van der Waals surface area contributed by atoms with Crippen LogP contribution in [0.2, 0.25) is 0 Å². The summed E-state index contributed by atoms with van der Waals surface area (Å²) >= 11 is 0. The second kappa shape index (κ2) is 8.45. The highest BCUT2D eigenvalue weighted by Crippen LogP contribution is 2.19. The topological polar surface area (TPSA) is 90.8 Å². The quantitative estimate of drug-likeness (QED) is 0.551. The predicted molar refractivity (Wildman–Crippen MR) is 92.9 cm³/mol. The normalized spacial score (nSPS) is 13.0. The zero-order valence-corrected chi connectivity index (χ0v) is 14.1. The van der Waals surface area contributed by atoms with E-state index in [2.05, 4.69) is 10.5 Å². The van der Waals surface area contributed by atoms with E-state index in [1.165, 1.54) is 25.1 Å². The molecule has 0 aromatic heterocycles. The van der Waals surface area contributed by atoms with Crippen LogP contribution >= 0.6 is 0 Å². The third-order valence-corrected chi connectivity index (χ3v) is 3.49. The maximum atomic E-state index is 12.3. The minimum absolute atomic E-state index is 0.0694. The van der Waals surface area contributed by atoms with Gasteiger partial charge in [0.25, 0.3) is 5.91 Å². The van der Waals surface area contributed by atoms with Crippen molar-refractivity contribution in [1.82, 2.24) is 5.43 Å².